The van der Waals surface area contributed by atoms with Gasteiger partial charge in [0, 0.05) is 58.8 Å². The lowest BCUT2D eigenvalue weighted by Crippen LogP contribution is -2.51. The van der Waals surface area contributed by atoms with E-state index < -0.39 is 5.60 Å². The summed E-state index contributed by atoms with van der Waals surface area (Å²) in [5.74, 6) is 0.128. The van der Waals surface area contributed by atoms with Crippen LogP contribution < -0.4 is 5.32 Å². The van der Waals surface area contributed by atoms with Crippen LogP contribution in [-0.2, 0) is 9.53 Å². The Bertz CT molecular complexity index is 298. The molecule has 6 heteroatoms. The molecule has 1 amide bonds. The van der Waals surface area contributed by atoms with E-state index in [-0.39, 0.29) is 5.91 Å². The third kappa shape index (κ3) is 4.42. The second kappa shape index (κ2) is 6.65. The molecule has 0 aromatic rings. The van der Waals surface area contributed by atoms with Crippen molar-refractivity contribution in [3.63, 3.8) is 0 Å². The van der Waals surface area contributed by atoms with Crippen molar-refractivity contribution in [2.45, 2.75) is 18.4 Å². The lowest BCUT2D eigenvalue weighted by atomic mass is 9.94. The fraction of sp³-hybridized carbons (Fsp3) is 0.923. The second-order valence-electron chi connectivity index (χ2n) is 5.62. The van der Waals surface area contributed by atoms with Gasteiger partial charge >= 0.3 is 0 Å². The lowest BCUT2D eigenvalue weighted by molar-refractivity contribution is -0.132. The maximum absolute atomic E-state index is 12.0. The van der Waals surface area contributed by atoms with E-state index in [1.807, 2.05) is 4.90 Å². The number of carbonyl (C=O) groups is 1. The molecule has 19 heavy (non-hydrogen) atoms. The molecule has 2 aliphatic heterocycles. The average molecular weight is 271 g/mol. The Morgan fingerprint density at radius 1 is 1.26 bits per heavy atom. The van der Waals surface area contributed by atoms with Crippen LogP contribution in [0.4, 0.5) is 0 Å². The second-order valence-corrected chi connectivity index (χ2v) is 5.62. The predicted octanol–water partition coefficient (Wildman–Crippen LogP) is -1.11. The van der Waals surface area contributed by atoms with Gasteiger partial charge in [0.1, 0.15) is 0 Å². The van der Waals surface area contributed by atoms with Crippen LogP contribution in [0.15, 0.2) is 0 Å². The normalized spacial score (nSPS) is 24.4. The number of hydrogen-bond acceptors (Lipinski definition) is 5. The Morgan fingerprint density at radius 2 is 1.89 bits per heavy atom. The molecule has 0 spiro atoms. The predicted molar refractivity (Wildman–Crippen MR) is 71.9 cm³/mol. The van der Waals surface area contributed by atoms with Crippen molar-refractivity contribution in [2.24, 2.45) is 0 Å². The van der Waals surface area contributed by atoms with Crippen molar-refractivity contribution in [1.29, 1.82) is 0 Å². The molecule has 0 saturated carbocycles. The first-order valence-corrected chi connectivity index (χ1v) is 7.06. The molecule has 110 valence electrons. The minimum absolute atomic E-state index is 0.128. The van der Waals surface area contributed by atoms with Gasteiger partial charge in [0.05, 0.1) is 12.1 Å². The van der Waals surface area contributed by atoms with E-state index in [1.165, 1.54) is 0 Å². The first kappa shape index (κ1) is 14.7. The van der Waals surface area contributed by atoms with E-state index in [4.69, 9.17) is 4.74 Å². The summed E-state index contributed by atoms with van der Waals surface area (Å²) in [7, 11) is 2.07. The highest BCUT2D eigenvalue weighted by atomic mass is 16.5. The molecule has 0 radical (unpaired) electrons. The molecule has 0 unspecified atom stereocenters. The van der Waals surface area contributed by atoms with Crippen molar-refractivity contribution >= 4 is 5.91 Å². The Morgan fingerprint density at radius 3 is 2.53 bits per heavy atom. The molecule has 0 atom stereocenters. The Balaban J connectivity index is 1.66. The summed E-state index contributed by atoms with van der Waals surface area (Å²) in [6.07, 6.45) is 1.28. The molecule has 2 aliphatic rings. The third-order valence-corrected chi connectivity index (χ3v) is 4.01. The van der Waals surface area contributed by atoms with Crippen LogP contribution in [-0.4, -0.2) is 85.9 Å². The molecule has 2 saturated heterocycles. The van der Waals surface area contributed by atoms with Gasteiger partial charge in [-0.05, 0) is 7.05 Å². The number of nitrogens with one attached hydrogen (secondary N) is 1. The standard InChI is InChI=1S/C13H25N3O3/c1-15-4-6-16(7-5-15)12(17)10-14-11-13(18)2-8-19-9-3-13/h14,18H,2-11H2,1H3. The number of carbonyl (C=O) groups excluding carboxylic acids is 1. The summed E-state index contributed by atoms with van der Waals surface area (Å²) in [6.45, 7) is 5.46. The van der Waals surface area contributed by atoms with E-state index in [1.54, 1.807) is 0 Å². The topological polar surface area (TPSA) is 65.0 Å². The summed E-state index contributed by atoms with van der Waals surface area (Å²) >= 11 is 0. The first-order chi connectivity index (χ1) is 9.09. The molecule has 0 aromatic carbocycles. The van der Waals surface area contributed by atoms with Gasteiger partial charge in [-0.25, -0.2) is 0 Å². The highest BCUT2D eigenvalue weighted by molar-refractivity contribution is 5.78. The van der Waals surface area contributed by atoms with Crippen LogP contribution in [0.5, 0.6) is 0 Å². The van der Waals surface area contributed by atoms with Crippen LogP contribution in [0, 0.1) is 0 Å². The van der Waals surface area contributed by atoms with Crippen molar-refractivity contribution in [3.8, 4) is 0 Å². The first-order valence-electron chi connectivity index (χ1n) is 7.06. The summed E-state index contributed by atoms with van der Waals surface area (Å²) in [4.78, 5) is 16.1. The monoisotopic (exact) mass is 271 g/mol. The molecule has 0 aliphatic carbocycles. The van der Waals surface area contributed by atoms with Gasteiger partial charge in [-0.15, -0.1) is 0 Å². The van der Waals surface area contributed by atoms with Gasteiger partial charge in [-0.2, -0.15) is 0 Å². The molecule has 0 aromatic heterocycles. The number of amides is 1. The summed E-state index contributed by atoms with van der Waals surface area (Å²) in [5.41, 5.74) is -0.708. The lowest BCUT2D eigenvalue weighted by Gasteiger charge is -2.34. The molecular weight excluding hydrogens is 246 g/mol. The van der Waals surface area contributed by atoms with Crippen LogP contribution in [0.25, 0.3) is 0 Å². The minimum Gasteiger partial charge on any atom is -0.388 e. The number of nitrogens with zero attached hydrogens (tertiary/aromatic N) is 2. The number of piperazine rings is 1. The maximum atomic E-state index is 12.0. The van der Waals surface area contributed by atoms with Gasteiger partial charge in [-0.3, -0.25) is 4.79 Å². The molecule has 2 heterocycles. The molecular formula is C13H25N3O3. The average Bonchev–Trinajstić information content (AvgIpc) is 2.40. The van der Waals surface area contributed by atoms with Gasteiger partial charge < -0.3 is 25.0 Å². The van der Waals surface area contributed by atoms with E-state index >= 15 is 0 Å². The van der Waals surface area contributed by atoms with Crippen molar-refractivity contribution in [2.75, 3.05) is 59.5 Å². The Kier molecular flexibility index (Phi) is 5.15. The van der Waals surface area contributed by atoms with Crippen LogP contribution in [0.2, 0.25) is 0 Å². The largest absolute Gasteiger partial charge is 0.388 e. The zero-order chi connectivity index (χ0) is 13.7. The zero-order valence-electron chi connectivity index (χ0n) is 11.7. The fourth-order valence-corrected chi connectivity index (χ4v) is 2.50. The van der Waals surface area contributed by atoms with Gasteiger partial charge in [-0.1, -0.05) is 0 Å². The van der Waals surface area contributed by atoms with Crippen LogP contribution in [0.3, 0.4) is 0 Å². The maximum Gasteiger partial charge on any atom is 0.236 e. The van der Waals surface area contributed by atoms with Gasteiger partial charge in [0.2, 0.25) is 5.91 Å². The summed E-state index contributed by atoms with van der Waals surface area (Å²) in [5, 5.41) is 13.3. The molecule has 2 rings (SSSR count). The number of ether oxygens (including phenoxy) is 1. The zero-order valence-corrected chi connectivity index (χ0v) is 11.7. The van der Waals surface area contributed by atoms with Gasteiger partial charge in [0.15, 0.2) is 0 Å². The molecule has 2 N–H and O–H groups in total. The van der Waals surface area contributed by atoms with E-state index in [0.717, 1.165) is 26.2 Å². The van der Waals surface area contributed by atoms with E-state index in [0.29, 0.717) is 39.1 Å². The fourth-order valence-electron chi connectivity index (χ4n) is 2.50. The van der Waals surface area contributed by atoms with E-state index in [9.17, 15) is 9.90 Å². The molecule has 6 nitrogen and oxygen atoms in total. The van der Waals surface area contributed by atoms with E-state index in [2.05, 4.69) is 17.3 Å². The third-order valence-electron chi connectivity index (χ3n) is 4.01. The van der Waals surface area contributed by atoms with Crippen LogP contribution >= 0.6 is 0 Å². The number of rotatable bonds is 4. The molecule has 2 fully saturated rings. The van der Waals surface area contributed by atoms with Gasteiger partial charge in [0.25, 0.3) is 0 Å². The Hall–Kier alpha value is -0.690. The smallest absolute Gasteiger partial charge is 0.236 e. The summed E-state index contributed by atoms with van der Waals surface area (Å²) in [6, 6.07) is 0. The number of aliphatic hydroxyl groups is 1. The van der Waals surface area contributed by atoms with Crippen molar-refractivity contribution < 1.29 is 14.6 Å². The highest BCUT2D eigenvalue weighted by Crippen LogP contribution is 2.19. The quantitative estimate of drug-likeness (QED) is 0.679. The highest BCUT2D eigenvalue weighted by Gasteiger charge is 2.29. The van der Waals surface area contributed by atoms with Crippen molar-refractivity contribution in [3.05, 3.63) is 0 Å². The number of hydrogen-bond donors (Lipinski definition) is 2. The van der Waals surface area contributed by atoms with Crippen molar-refractivity contribution in [1.82, 2.24) is 15.1 Å². The molecule has 0 bridgehead atoms. The van der Waals surface area contributed by atoms with Crippen LogP contribution in [0.1, 0.15) is 12.8 Å². The summed E-state index contributed by atoms with van der Waals surface area (Å²) < 4.78 is 5.23. The SMILES string of the molecule is CN1CCN(C(=O)CNCC2(O)CCOCC2)CC1. The minimum atomic E-state index is -0.708. The number of likely N-dealkylation sites (N-methyl/N-ethyl adjacent to an activating group) is 1. The Labute approximate surface area is 114 Å².